The summed E-state index contributed by atoms with van der Waals surface area (Å²) in [5.74, 6) is 1.48. The Morgan fingerprint density at radius 2 is 1.56 bits per heavy atom. The molecule has 4 nitrogen and oxygen atoms in total. The van der Waals surface area contributed by atoms with Gasteiger partial charge in [0.1, 0.15) is 11.4 Å². The van der Waals surface area contributed by atoms with Crippen LogP contribution in [0.25, 0.3) is 0 Å². The molecule has 1 aromatic rings. The lowest BCUT2D eigenvalue weighted by molar-refractivity contribution is -0.142. The molecule has 1 amide bonds. The molecule has 0 saturated carbocycles. The number of ether oxygens (including phenoxy) is 2. The fraction of sp³-hybridized carbons (Fsp3) is 0.667. The van der Waals surface area contributed by atoms with Crippen LogP contribution in [-0.2, 0) is 9.53 Å². The van der Waals surface area contributed by atoms with Crippen molar-refractivity contribution in [2.24, 2.45) is 11.8 Å². The second-order valence-electron chi connectivity index (χ2n) is 7.71. The highest BCUT2D eigenvalue weighted by atomic mass is 16.5. The highest BCUT2D eigenvalue weighted by Gasteiger charge is 2.39. The van der Waals surface area contributed by atoms with Crippen molar-refractivity contribution in [1.82, 2.24) is 0 Å². The molecule has 1 aromatic carbocycles. The van der Waals surface area contributed by atoms with E-state index in [1.807, 2.05) is 31.2 Å². The van der Waals surface area contributed by atoms with Gasteiger partial charge in [-0.05, 0) is 62.3 Å². The lowest BCUT2D eigenvalue weighted by Gasteiger charge is -2.34. The maximum atomic E-state index is 13.0. The van der Waals surface area contributed by atoms with E-state index in [0.717, 1.165) is 17.9 Å². The Morgan fingerprint density at radius 3 is 1.96 bits per heavy atom. The molecule has 0 fully saturated rings. The molecule has 1 atom stereocenters. The molecule has 1 rings (SSSR count). The summed E-state index contributed by atoms with van der Waals surface area (Å²) in [6, 6.07) is 7.53. The second-order valence-corrected chi connectivity index (χ2v) is 7.71. The van der Waals surface area contributed by atoms with Gasteiger partial charge in [0.2, 0.25) is 0 Å². The molecule has 0 aliphatic heterocycles. The maximum absolute atomic E-state index is 13.0. The molecular formula is C21H35NO3. The van der Waals surface area contributed by atoms with E-state index in [9.17, 15) is 4.79 Å². The zero-order chi connectivity index (χ0) is 19.0. The number of hydrogen-bond acceptors (Lipinski definition) is 3. The van der Waals surface area contributed by atoms with Crippen LogP contribution in [0.4, 0.5) is 5.69 Å². The normalized spacial score (nSPS) is 13.2. The van der Waals surface area contributed by atoms with Crippen LogP contribution in [0.5, 0.6) is 5.75 Å². The number of rotatable bonds is 10. The van der Waals surface area contributed by atoms with Gasteiger partial charge in [0.25, 0.3) is 5.91 Å². The smallest absolute Gasteiger partial charge is 0.256 e. The third kappa shape index (κ3) is 6.69. The first-order chi connectivity index (χ1) is 11.7. The van der Waals surface area contributed by atoms with E-state index < -0.39 is 5.60 Å². The van der Waals surface area contributed by atoms with Crippen molar-refractivity contribution >= 4 is 11.6 Å². The van der Waals surface area contributed by atoms with Gasteiger partial charge in [-0.15, -0.1) is 0 Å². The van der Waals surface area contributed by atoms with E-state index in [1.165, 1.54) is 0 Å². The lowest BCUT2D eigenvalue weighted by atomic mass is 9.84. The molecule has 0 aromatic heterocycles. The molecule has 0 heterocycles. The van der Waals surface area contributed by atoms with E-state index >= 15 is 0 Å². The standard InChI is InChI=1S/C21H35NO3/c1-8-17(6)25-19-11-9-18(10-12-19)22-20(23)21(24-7,13-15(2)3)14-16(4)5/h9-12,15-17H,8,13-14H2,1-7H3,(H,22,23)/t17-/m1/s1. The number of hydrogen-bond donors (Lipinski definition) is 1. The predicted molar refractivity (Wildman–Crippen MR) is 104 cm³/mol. The van der Waals surface area contributed by atoms with Gasteiger partial charge in [0, 0.05) is 12.8 Å². The van der Waals surface area contributed by atoms with Gasteiger partial charge < -0.3 is 14.8 Å². The fourth-order valence-corrected chi connectivity index (χ4v) is 3.02. The summed E-state index contributed by atoms with van der Waals surface area (Å²) in [5.41, 5.74) is -0.0377. The minimum Gasteiger partial charge on any atom is -0.491 e. The van der Waals surface area contributed by atoms with Crippen molar-refractivity contribution in [2.75, 3.05) is 12.4 Å². The molecule has 142 valence electrons. The van der Waals surface area contributed by atoms with Crippen LogP contribution in [0.1, 0.15) is 60.8 Å². The molecule has 0 bridgehead atoms. The summed E-state index contributed by atoms with van der Waals surface area (Å²) in [6.45, 7) is 12.6. The number of benzene rings is 1. The van der Waals surface area contributed by atoms with Crippen LogP contribution in [0.2, 0.25) is 0 Å². The molecular weight excluding hydrogens is 314 g/mol. The lowest BCUT2D eigenvalue weighted by Crippen LogP contribution is -2.46. The summed E-state index contributed by atoms with van der Waals surface area (Å²) in [7, 11) is 1.63. The van der Waals surface area contributed by atoms with Gasteiger partial charge in [-0.3, -0.25) is 4.79 Å². The first kappa shape index (κ1) is 21.5. The van der Waals surface area contributed by atoms with Gasteiger partial charge in [-0.1, -0.05) is 34.6 Å². The zero-order valence-corrected chi connectivity index (χ0v) is 16.9. The molecule has 0 radical (unpaired) electrons. The minimum absolute atomic E-state index is 0.0759. The molecule has 0 aliphatic rings. The van der Waals surface area contributed by atoms with E-state index in [0.29, 0.717) is 24.7 Å². The first-order valence-electron chi connectivity index (χ1n) is 9.35. The fourth-order valence-electron chi connectivity index (χ4n) is 3.02. The topological polar surface area (TPSA) is 47.6 Å². The molecule has 4 heteroatoms. The minimum atomic E-state index is -0.797. The van der Waals surface area contributed by atoms with E-state index in [1.54, 1.807) is 7.11 Å². The zero-order valence-electron chi connectivity index (χ0n) is 16.9. The Morgan fingerprint density at radius 1 is 1.04 bits per heavy atom. The Labute approximate surface area is 153 Å². The molecule has 0 spiro atoms. The SMILES string of the molecule is CC[C@@H](C)Oc1ccc(NC(=O)C(CC(C)C)(CC(C)C)OC)cc1. The predicted octanol–water partition coefficient (Wildman–Crippen LogP) is 5.28. The molecule has 0 unspecified atom stereocenters. The van der Waals surface area contributed by atoms with E-state index in [4.69, 9.17) is 9.47 Å². The average Bonchev–Trinajstić information content (AvgIpc) is 2.54. The van der Waals surface area contributed by atoms with Gasteiger partial charge in [0.05, 0.1) is 6.10 Å². The van der Waals surface area contributed by atoms with Crippen LogP contribution in [0.15, 0.2) is 24.3 Å². The summed E-state index contributed by atoms with van der Waals surface area (Å²) < 4.78 is 11.5. The van der Waals surface area contributed by atoms with E-state index in [-0.39, 0.29) is 12.0 Å². The van der Waals surface area contributed by atoms with Crippen molar-refractivity contribution < 1.29 is 14.3 Å². The summed E-state index contributed by atoms with van der Waals surface area (Å²) in [6.07, 6.45) is 2.53. The van der Waals surface area contributed by atoms with Crippen molar-refractivity contribution in [2.45, 2.75) is 72.5 Å². The Balaban J connectivity index is 2.88. The van der Waals surface area contributed by atoms with Crippen molar-refractivity contribution in [1.29, 1.82) is 0 Å². The van der Waals surface area contributed by atoms with Crippen molar-refractivity contribution in [3.05, 3.63) is 24.3 Å². The third-order valence-corrected chi connectivity index (χ3v) is 4.30. The Bertz CT molecular complexity index is 512. The molecule has 0 saturated heterocycles. The Kier molecular flexibility index (Phi) is 8.43. The number of methoxy groups -OCH3 is 1. The van der Waals surface area contributed by atoms with Gasteiger partial charge >= 0.3 is 0 Å². The first-order valence-corrected chi connectivity index (χ1v) is 9.35. The van der Waals surface area contributed by atoms with Gasteiger partial charge in [-0.2, -0.15) is 0 Å². The second kappa shape index (κ2) is 9.81. The van der Waals surface area contributed by atoms with Crippen molar-refractivity contribution in [3.63, 3.8) is 0 Å². The molecule has 25 heavy (non-hydrogen) atoms. The average molecular weight is 350 g/mol. The number of nitrogens with one attached hydrogen (secondary N) is 1. The number of carbonyl (C=O) groups is 1. The quantitative estimate of drug-likeness (QED) is 0.625. The highest BCUT2D eigenvalue weighted by Crippen LogP contribution is 2.30. The number of carbonyl (C=O) groups excluding carboxylic acids is 1. The number of amides is 1. The van der Waals surface area contributed by atoms with Gasteiger partial charge in [-0.25, -0.2) is 0 Å². The monoisotopic (exact) mass is 349 g/mol. The molecule has 1 N–H and O–H groups in total. The van der Waals surface area contributed by atoms with E-state index in [2.05, 4.69) is 39.9 Å². The van der Waals surface area contributed by atoms with Gasteiger partial charge in [0.15, 0.2) is 0 Å². The highest BCUT2D eigenvalue weighted by molar-refractivity contribution is 5.97. The van der Waals surface area contributed by atoms with Crippen molar-refractivity contribution in [3.8, 4) is 5.75 Å². The summed E-state index contributed by atoms with van der Waals surface area (Å²) in [4.78, 5) is 13.0. The van der Waals surface area contributed by atoms with Crippen LogP contribution < -0.4 is 10.1 Å². The molecule has 0 aliphatic carbocycles. The Hall–Kier alpha value is -1.55. The largest absolute Gasteiger partial charge is 0.491 e. The third-order valence-electron chi connectivity index (χ3n) is 4.30. The maximum Gasteiger partial charge on any atom is 0.256 e. The van der Waals surface area contributed by atoms with Crippen LogP contribution in [0, 0.1) is 11.8 Å². The van der Waals surface area contributed by atoms with Crippen LogP contribution in [0.3, 0.4) is 0 Å². The number of anilines is 1. The summed E-state index contributed by atoms with van der Waals surface area (Å²) in [5, 5.41) is 3.02. The van der Waals surface area contributed by atoms with Crippen LogP contribution in [-0.4, -0.2) is 24.7 Å². The van der Waals surface area contributed by atoms with Crippen LogP contribution >= 0.6 is 0 Å². The summed E-state index contributed by atoms with van der Waals surface area (Å²) >= 11 is 0.